The Morgan fingerprint density at radius 3 is 2.56 bits per heavy atom. The molecule has 3 nitrogen and oxygen atoms in total. The van der Waals surface area contributed by atoms with Crippen LogP contribution in [0.25, 0.3) is 0 Å². The summed E-state index contributed by atoms with van der Waals surface area (Å²) in [6.07, 6.45) is 2.62. The molecule has 0 bridgehead atoms. The number of benzene rings is 1. The summed E-state index contributed by atoms with van der Waals surface area (Å²) in [5, 5.41) is 0. The second kappa shape index (κ2) is 5.00. The lowest BCUT2D eigenvalue weighted by Crippen LogP contribution is -2.07. The van der Waals surface area contributed by atoms with Gasteiger partial charge in [-0.25, -0.2) is 4.98 Å². The van der Waals surface area contributed by atoms with Crippen molar-refractivity contribution in [3.05, 3.63) is 58.8 Å². The third-order valence-corrected chi connectivity index (χ3v) is 2.92. The molecule has 0 atom stereocenters. The Hall–Kier alpha value is -2.16. The number of ketones is 1. The van der Waals surface area contributed by atoms with E-state index in [9.17, 15) is 4.79 Å². The molecule has 0 aliphatic heterocycles. The predicted molar refractivity (Wildman–Crippen MR) is 72.6 cm³/mol. The minimum Gasteiger partial charge on any atom is -0.383 e. The van der Waals surface area contributed by atoms with Gasteiger partial charge in [0.15, 0.2) is 5.78 Å². The van der Waals surface area contributed by atoms with E-state index in [4.69, 9.17) is 5.73 Å². The number of nitrogen functional groups attached to an aromatic ring is 1. The molecule has 18 heavy (non-hydrogen) atoms. The smallest absolute Gasteiger partial charge is 0.196 e. The number of rotatable bonds is 3. The summed E-state index contributed by atoms with van der Waals surface area (Å²) >= 11 is 0. The number of carbonyl (C=O) groups excluding carboxylic acids is 1. The number of pyridine rings is 1. The van der Waals surface area contributed by atoms with Gasteiger partial charge in [-0.1, -0.05) is 31.2 Å². The fourth-order valence-electron chi connectivity index (χ4n) is 1.81. The van der Waals surface area contributed by atoms with Gasteiger partial charge in [-0.15, -0.1) is 0 Å². The predicted octanol–water partition coefficient (Wildman–Crippen LogP) is 2.77. The van der Waals surface area contributed by atoms with E-state index < -0.39 is 0 Å². The number of aromatic nitrogens is 1. The molecule has 0 amide bonds. The monoisotopic (exact) mass is 240 g/mol. The van der Waals surface area contributed by atoms with Gasteiger partial charge >= 0.3 is 0 Å². The van der Waals surface area contributed by atoms with E-state index in [1.807, 2.05) is 31.2 Å². The van der Waals surface area contributed by atoms with Crippen molar-refractivity contribution < 1.29 is 4.79 Å². The quantitative estimate of drug-likeness (QED) is 0.839. The van der Waals surface area contributed by atoms with E-state index in [0.29, 0.717) is 11.1 Å². The summed E-state index contributed by atoms with van der Waals surface area (Å²) < 4.78 is 0. The van der Waals surface area contributed by atoms with E-state index in [1.165, 1.54) is 5.56 Å². The van der Waals surface area contributed by atoms with Crippen molar-refractivity contribution in [2.24, 2.45) is 0 Å². The summed E-state index contributed by atoms with van der Waals surface area (Å²) in [5.74, 6) is 0.205. The average molecular weight is 240 g/mol. The van der Waals surface area contributed by atoms with Gasteiger partial charge in [0.1, 0.15) is 5.82 Å². The summed E-state index contributed by atoms with van der Waals surface area (Å²) in [5.41, 5.74) is 9.01. The minimum atomic E-state index is -0.0775. The number of anilines is 1. The van der Waals surface area contributed by atoms with Crippen LogP contribution in [0.1, 0.15) is 34.0 Å². The van der Waals surface area contributed by atoms with E-state index in [-0.39, 0.29) is 11.6 Å². The second-order valence-electron chi connectivity index (χ2n) is 4.33. The molecule has 0 unspecified atom stereocenters. The Morgan fingerprint density at radius 2 is 1.94 bits per heavy atom. The van der Waals surface area contributed by atoms with E-state index in [1.54, 1.807) is 12.3 Å². The molecule has 0 radical (unpaired) electrons. The molecule has 2 rings (SSSR count). The Bertz CT molecular complexity index is 574. The molecular formula is C15H16N2O. The fourth-order valence-corrected chi connectivity index (χ4v) is 1.81. The van der Waals surface area contributed by atoms with Crippen LogP contribution in [0.2, 0.25) is 0 Å². The van der Waals surface area contributed by atoms with Crippen LogP contribution in [0.4, 0.5) is 5.82 Å². The second-order valence-corrected chi connectivity index (χ2v) is 4.33. The van der Waals surface area contributed by atoms with E-state index in [2.05, 4.69) is 11.9 Å². The van der Waals surface area contributed by atoms with Crippen LogP contribution in [0, 0.1) is 6.92 Å². The standard InChI is InChI=1S/C15H16N2O/c1-3-11-4-6-12(7-5-11)14(18)13-8-10(2)9-17-15(13)16/h4-9H,3H2,1-2H3,(H2,16,17). The largest absolute Gasteiger partial charge is 0.383 e. The zero-order valence-electron chi connectivity index (χ0n) is 10.6. The molecule has 0 fully saturated rings. The summed E-state index contributed by atoms with van der Waals surface area (Å²) in [6.45, 7) is 3.97. The molecule has 1 heterocycles. The molecule has 0 saturated carbocycles. The number of hydrogen-bond acceptors (Lipinski definition) is 3. The van der Waals surface area contributed by atoms with Crippen LogP contribution in [-0.2, 0) is 6.42 Å². The first-order valence-electron chi connectivity index (χ1n) is 5.97. The van der Waals surface area contributed by atoms with Crippen molar-refractivity contribution in [1.82, 2.24) is 4.98 Å². The van der Waals surface area contributed by atoms with Crippen molar-refractivity contribution >= 4 is 11.6 Å². The maximum atomic E-state index is 12.3. The topological polar surface area (TPSA) is 56.0 Å². The third-order valence-electron chi connectivity index (χ3n) is 2.92. The average Bonchev–Trinajstić information content (AvgIpc) is 2.41. The Balaban J connectivity index is 2.38. The first-order valence-corrected chi connectivity index (χ1v) is 5.97. The van der Waals surface area contributed by atoms with E-state index >= 15 is 0 Å². The molecule has 3 heteroatoms. The van der Waals surface area contributed by atoms with Gasteiger partial charge in [0, 0.05) is 11.8 Å². The lowest BCUT2D eigenvalue weighted by molar-refractivity contribution is 0.103. The van der Waals surface area contributed by atoms with Crippen LogP contribution in [0.15, 0.2) is 36.5 Å². The van der Waals surface area contributed by atoms with Gasteiger partial charge in [0.05, 0.1) is 5.56 Å². The highest BCUT2D eigenvalue weighted by Crippen LogP contribution is 2.16. The highest BCUT2D eigenvalue weighted by atomic mass is 16.1. The number of nitrogens with two attached hydrogens (primary N) is 1. The van der Waals surface area contributed by atoms with E-state index in [0.717, 1.165) is 12.0 Å². The summed E-state index contributed by atoms with van der Waals surface area (Å²) in [6, 6.07) is 9.38. The Kier molecular flexibility index (Phi) is 3.42. The molecular weight excluding hydrogens is 224 g/mol. The maximum absolute atomic E-state index is 12.3. The molecule has 0 aliphatic rings. The maximum Gasteiger partial charge on any atom is 0.196 e. The van der Waals surface area contributed by atoms with Crippen LogP contribution >= 0.6 is 0 Å². The first kappa shape index (κ1) is 12.3. The molecule has 1 aromatic heterocycles. The minimum absolute atomic E-state index is 0.0775. The number of nitrogens with zero attached hydrogens (tertiary/aromatic N) is 1. The lowest BCUT2D eigenvalue weighted by Gasteiger charge is -2.06. The first-order chi connectivity index (χ1) is 8.61. The number of carbonyl (C=O) groups is 1. The molecule has 0 spiro atoms. The lowest BCUT2D eigenvalue weighted by atomic mass is 10.0. The molecule has 2 aromatic rings. The van der Waals surface area contributed by atoms with Crippen molar-refractivity contribution in [2.75, 3.05) is 5.73 Å². The molecule has 0 saturated heterocycles. The van der Waals surface area contributed by atoms with Crippen molar-refractivity contribution in [1.29, 1.82) is 0 Å². The van der Waals surface area contributed by atoms with Gasteiger partial charge in [-0.05, 0) is 30.5 Å². The van der Waals surface area contributed by atoms with Gasteiger partial charge < -0.3 is 5.73 Å². The fraction of sp³-hybridized carbons (Fsp3) is 0.200. The van der Waals surface area contributed by atoms with Crippen LogP contribution in [0.3, 0.4) is 0 Å². The van der Waals surface area contributed by atoms with Crippen molar-refractivity contribution in [2.45, 2.75) is 20.3 Å². The van der Waals surface area contributed by atoms with Crippen LogP contribution in [0.5, 0.6) is 0 Å². The highest BCUT2D eigenvalue weighted by Gasteiger charge is 2.13. The summed E-state index contributed by atoms with van der Waals surface area (Å²) in [7, 11) is 0. The SMILES string of the molecule is CCc1ccc(C(=O)c2cc(C)cnc2N)cc1. The van der Waals surface area contributed by atoms with Gasteiger partial charge in [-0.3, -0.25) is 4.79 Å². The zero-order valence-corrected chi connectivity index (χ0v) is 10.6. The number of aryl methyl sites for hydroxylation is 2. The highest BCUT2D eigenvalue weighted by molar-refractivity contribution is 6.11. The third kappa shape index (κ3) is 2.40. The molecule has 0 aliphatic carbocycles. The molecule has 1 aromatic carbocycles. The molecule has 2 N–H and O–H groups in total. The Labute approximate surface area is 107 Å². The summed E-state index contributed by atoms with van der Waals surface area (Å²) in [4.78, 5) is 16.3. The Morgan fingerprint density at radius 1 is 1.28 bits per heavy atom. The number of hydrogen-bond donors (Lipinski definition) is 1. The van der Waals surface area contributed by atoms with Crippen molar-refractivity contribution in [3.8, 4) is 0 Å². The van der Waals surface area contributed by atoms with Gasteiger partial charge in [0.2, 0.25) is 0 Å². The van der Waals surface area contributed by atoms with Gasteiger partial charge in [0.25, 0.3) is 0 Å². The van der Waals surface area contributed by atoms with Gasteiger partial charge in [-0.2, -0.15) is 0 Å². The van der Waals surface area contributed by atoms with Crippen LogP contribution in [-0.4, -0.2) is 10.8 Å². The molecule has 92 valence electrons. The van der Waals surface area contributed by atoms with Crippen molar-refractivity contribution in [3.63, 3.8) is 0 Å². The van der Waals surface area contributed by atoms with Crippen LogP contribution < -0.4 is 5.73 Å². The normalized spacial score (nSPS) is 10.3. The zero-order chi connectivity index (χ0) is 13.1.